The second-order valence-electron chi connectivity index (χ2n) is 5.61. The Morgan fingerprint density at radius 2 is 2.12 bits per heavy atom. The summed E-state index contributed by atoms with van der Waals surface area (Å²) in [5.41, 5.74) is 1.78. The van der Waals surface area contributed by atoms with E-state index in [1.807, 2.05) is 23.6 Å². The third-order valence-electron chi connectivity index (χ3n) is 3.91. The summed E-state index contributed by atoms with van der Waals surface area (Å²) < 4.78 is 14.6. The van der Waals surface area contributed by atoms with Crippen molar-refractivity contribution in [2.24, 2.45) is 0 Å². The van der Waals surface area contributed by atoms with Crippen LogP contribution in [0.2, 0.25) is 0 Å². The number of hydrogen-bond donors (Lipinski definition) is 0. The first-order chi connectivity index (χ1) is 12.7. The van der Waals surface area contributed by atoms with Gasteiger partial charge < -0.3 is 9.47 Å². The summed E-state index contributed by atoms with van der Waals surface area (Å²) in [5, 5.41) is 2.57. The van der Waals surface area contributed by atoms with Crippen LogP contribution in [0.15, 0.2) is 50.7 Å². The van der Waals surface area contributed by atoms with Crippen LogP contribution in [-0.4, -0.2) is 22.8 Å². The quantitative estimate of drug-likeness (QED) is 0.326. The van der Waals surface area contributed by atoms with Gasteiger partial charge in [0.05, 0.1) is 5.52 Å². The smallest absolute Gasteiger partial charge is 0.272 e. The van der Waals surface area contributed by atoms with Crippen molar-refractivity contribution in [2.75, 3.05) is 13.2 Å². The number of rotatable bonds is 5. The first kappa shape index (κ1) is 17.6. The third kappa shape index (κ3) is 3.28. The molecule has 3 heterocycles. The fraction of sp³-hybridized carbons (Fsp3) is 0.222. The molecule has 0 aliphatic carbocycles. The van der Waals surface area contributed by atoms with Crippen LogP contribution < -0.4 is 15.0 Å². The second kappa shape index (κ2) is 7.46. The lowest BCUT2D eigenvalue weighted by Crippen LogP contribution is -2.21. The number of halogens is 1. The van der Waals surface area contributed by atoms with Crippen molar-refractivity contribution in [3.8, 4) is 11.5 Å². The largest absolute Gasteiger partial charge is 0.486 e. The average molecular weight is 451 g/mol. The number of hydrogen-bond acceptors (Lipinski definition) is 6. The zero-order valence-electron chi connectivity index (χ0n) is 13.7. The van der Waals surface area contributed by atoms with Crippen molar-refractivity contribution >= 4 is 49.2 Å². The molecule has 134 valence electrons. The van der Waals surface area contributed by atoms with Gasteiger partial charge in [0.25, 0.3) is 5.56 Å². The van der Waals surface area contributed by atoms with E-state index < -0.39 is 0 Å². The Kier molecular flexibility index (Phi) is 5.06. The van der Waals surface area contributed by atoms with Crippen molar-refractivity contribution in [1.82, 2.24) is 9.55 Å². The molecular formula is C18H15BrN2O3S2. The SMILES string of the molecule is C=CCn1c(SCc2cc3c(cc2Br)OCCO3)nc2ccsc2c1=O. The molecule has 1 aliphatic heterocycles. The molecule has 1 aromatic carbocycles. The maximum atomic E-state index is 12.7. The van der Waals surface area contributed by atoms with Gasteiger partial charge in [0, 0.05) is 16.8 Å². The molecule has 8 heteroatoms. The first-order valence-electron chi connectivity index (χ1n) is 7.97. The summed E-state index contributed by atoms with van der Waals surface area (Å²) in [5.74, 6) is 2.15. The molecule has 0 atom stereocenters. The fourth-order valence-corrected chi connectivity index (χ4v) is 5.11. The highest BCUT2D eigenvalue weighted by atomic mass is 79.9. The highest BCUT2D eigenvalue weighted by Crippen LogP contribution is 2.37. The number of ether oxygens (including phenoxy) is 2. The number of fused-ring (bicyclic) bond motifs is 2. The maximum absolute atomic E-state index is 12.7. The van der Waals surface area contributed by atoms with Crippen LogP contribution in [0.1, 0.15) is 5.56 Å². The summed E-state index contributed by atoms with van der Waals surface area (Å²) in [4.78, 5) is 17.4. The van der Waals surface area contributed by atoms with E-state index in [4.69, 9.17) is 9.47 Å². The van der Waals surface area contributed by atoms with Crippen LogP contribution in [0, 0.1) is 0 Å². The molecule has 0 N–H and O–H groups in total. The molecule has 1 aliphatic rings. The van der Waals surface area contributed by atoms with Crippen LogP contribution >= 0.6 is 39.0 Å². The van der Waals surface area contributed by atoms with Gasteiger partial charge in [-0.3, -0.25) is 9.36 Å². The van der Waals surface area contributed by atoms with Crippen LogP contribution in [0.5, 0.6) is 11.5 Å². The number of thioether (sulfide) groups is 1. The van der Waals surface area contributed by atoms with Crippen LogP contribution in [0.25, 0.3) is 10.2 Å². The Morgan fingerprint density at radius 1 is 1.35 bits per heavy atom. The lowest BCUT2D eigenvalue weighted by Gasteiger charge is -2.20. The number of nitrogens with zero attached hydrogens (tertiary/aromatic N) is 2. The van der Waals surface area contributed by atoms with Crippen molar-refractivity contribution in [3.63, 3.8) is 0 Å². The zero-order valence-corrected chi connectivity index (χ0v) is 17.0. The number of allylic oxidation sites excluding steroid dienone is 1. The maximum Gasteiger partial charge on any atom is 0.272 e. The lowest BCUT2D eigenvalue weighted by molar-refractivity contribution is 0.171. The minimum absolute atomic E-state index is 0.0198. The predicted molar refractivity (Wildman–Crippen MR) is 109 cm³/mol. The van der Waals surface area contributed by atoms with Crippen molar-refractivity contribution in [2.45, 2.75) is 17.5 Å². The molecule has 0 spiro atoms. The van der Waals surface area contributed by atoms with Gasteiger partial charge in [-0.1, -0.05) is 33.8 Å². The molecule has 0 amide bonds. The molecule has 5 nitrogen and oxygen atoms in total. The normalized spacial score (nSPS) is 13.1. The van der Waals surface area contributed by atoms with Gasteiger partial charge in [0.15, 0.2) is 16.7 Å². The topological polar surface area (TPSA) is 53.4 Å². The molecule has 4 rings (SSSR count). The highest BCUT2D eigenvalue weighted by molar-refractivity contribution is 9.10. The Labute approximate surface area is 166 Å². The Bertz CT molecular complexity index is 1040. The van der Waals surface area contributed by atoms with Gasteiger partial charge in [0.1, 0.15) is 17.9 Å². The Morgan fingerprint density at radius 3 is 2.88 bits per heavy atom. The number of aromatic nitrogens is 2. The van der Waals surface area contributed by atoms with E-state index in [-0.39, 0.29) is 5.56 Å². The molecule has 0 saturated heterocycles. The molecule has 0 saturated carbocycles. The van der Waals surface area contributed by atoms with Gasteiger partial charge in [0.2, 0.25) is 0 Å². The Hall–Kier alpha value is -1.77. The molecule has 2 aromatic heterocycles. The monoisotopic (exact) mass is 450 g/mol. The molecule has 0 radical (unpaired) electrons. The van der Waals surface area contributed by atoms with E-state index >= 15 is 0 Å². The van der Waals surface area contributed by atoms with Crippen molar-refractivity contribution in [1.29, 1.82) is 0 Å². The summed E-state index contributed by atoms with van der Waals surface area (Å²) in [6.07, 6.45) is 1.71. The molecule has 0 bridgehead atoms. The number of benzene rings is 1. The van der Waals surface area contributed by atoms with E-state index in [1.54, 1.807) is 10.6 Å². The average Bonchev–Trinajstić information content (AvgIpc) is 3.11. The minimum Gasteiger partial charge on any atom is -0.486 e. The third-order valence-corrected chi connectivity index (χ3v) is 6.57. The lowest BCUT2D eigenvalue weighted by atomic mass is 10.2. The molecular weight excluding hydrogens is 436 g/mol. The highest BCUT2D eigenvalue weighted by Gasteiger charge is 2.17. The summed E-state index contributed by atoms with van der Waals surface area (Å²) in [6.45, 7) is 5.30. The number of thiophene rings is 1. The van der Waals surface area contributed by atoms with Crippen LogP contribution in [0.4, 0.5) is 0 Å². The molecule has 0 fully saturated rings. The van der Waals surface area contributed by atoms with Gasteiger partial charge in [-0.05, 0) is 29.1 Å². The van der Waals surface area contributed by atoms with Gasteiger partial charge in [-0.25, -0.2) is 4.98 Å². The van der Waals surface area contributed by atoms with Crippen molar-refractivity contribution in [3.05, 3.63) is 56.6 Å². The zero-order chi connectivity index (χ0) is 18.1. The summed E-state index contributed by atoms with van der Waals surface area (Å²) in [6, 6.07) is 5.78. The van der Waals surface area contributed by atoms with E-state index in [0.29, 0.717) is 35.4 Å². The predicted octanol–water partition coefficient (Wildman–Crippen LogP) is 4.47. The summed E-state index contributed by atoms with van der Waals surface area (Å²) in [7, 11) is 0. The fourth-order valence-electron chi connectivity index (χ4n) is 2.68. The molecule has 26 heavy (non-hydrogen) atoms. The standard InChI is InChI=1S/C18H15BrN2O3S2/c1-2-4-21-17(22)16-13(3-7-25-16)20-18(21)26-10-11-8-14-15(9-12(11)19)24-6-5-23-14/h2-3,7-9H,1,4-6,10H2. The van der Waals surface area contributed by atoms with E-state index in [2.05, 4.69) is 27.5 Å². The van der Waals surface area contributed by atoms with E-state index in [1.165, 1.54) is 23.1 Å². The van der Waals surface area contributed by atoms with Crippen molar-refractivity contribution < 1.29 is 9.47 Å². The summed E-state index contributed by atoms with van der Waals surface area (Å²) >= 11 is 6.53. The molecule has 3 aromatic rings. The van der Waals surface area contributed by atoms with E-state index in [9.17, 15) is 4.79 Å². The first-order valence-corrected chi connectivity index (χ1v) is 10.6. The van der Waals surface area contributed by atoms with Gasteiger partial charge in [-0.2, -0.15) is 0 Å². The van der Waals surface area contributed by atoms with Crippen LogP contribution in [0.3, 0.4) is 0 Å². The van der Waals surface area contributed by atoms with Gasteiger partial charge >= 0.3 is 0 Å². The molecule has 0 unspecified atom stereocenters. The van der Waals surface area contributed by atoms with Crippen LogP contribution in [-0.2, 0) is 12.3 Å². The minimum atomic E-state index is -0.0198. The Balaban J connectivity index is 1.66. The second-order valence-corrected chi connectivity index (χ2v) is 8.32. The van der Waals surface area contributed by atoms with Gasteiger partial charge in [-0.15, -0.1) is 17.9 Å². The van der Waals surface area contributed by atoms with E-state index in [0.717, 1.165) is 27.1 Å².